The lowest BCUT2D eigenvalue weighted by Crippen LogP contribution is -2.29. The molecule has 0 aromatic heterocycles. The summed E-state index contributed by atoms with van der Waals surface area (Å²) in [6.45, 7) is 4.57. The first-order chi connectivity index (χ1) is 14.3. The van der Waals surface area contributed by atoms with Gasteiger partial charge in [-0.25, -0.2) is 8.42 Å². The molecular formula is C23H25N3O3S. The lowest BCUT2D eigenvalue weighted by atomic mass is 10.0. The Hall–Kier alpha value is -2.87. The predicted molar refractivity (Wildman–Crippen MR) is 114 cm³/mol. The monoisotopic (exact) mass is 423 g/mol. The van der Waals surface area contributed by atoms with Crippen LogP contribution in [0.15, 0.2) is 47.4 Å². The first kappa shape index (κ1) is 21.8. The minimum absolute atomic E-state index is 0.288. The summed E-state index contributed by atoms with van der Waals surface area (Å²) >= 11 is 0. The molecule has 0 amide bonds. The molecule has 0 spiro atoms. The predicted octanol–water partition coefficient (Wildman–Crippen LogP) is 3.17. The third kappa shape index (κ3) is 5.60. The molecule has 1 heterocycles. The van der Waals surface area contributed by atoms with E-state index >= 15 is 0 Å². The van der Waals surface area contributed by atoms with Crippen LogP contribution in [-0.2, 0) is 16.3 Å². The summed E-state index contributed by atoms with van der Waals surface area (Å²) in [5.41, 5.74) is 2.04. The van der Waals surface area contributed by atoms with Gasteiger partial charge in [0.1, 0.15) is 5.75 Å². The molecule has 1 saturated heterocycles. The van der Waals surface area contributed by atoms with Crippen molar-refractivity contribution in [3.63, 3.8) is 0 Å². The van der Waals surface area contributed by atoms with Crippen LogP contribution in [0.5, 0.6) is 5.75 Å². The van der Waals surface area contributed by atoms with Crippen LogP contribution < -0.4 is 4.74 Å². The van der Waals surface area contributed by atoms with E-state index in [4.69, 9.17) is 15.3 Å². The van der Waals surface area contributed by atoms with Crippen LogP contribution in [0.4, 0.5) is 0 Å². The van der Waals surface area contributed by atoms with Crippen molar-refractivity contribution in [2.45, 2.75) is 30.7 Å². The average molecular weight is 424 g/mol. The summed E-state index contributed by atoms with van der Waals surface area (Å²) in [5.74, 6) is 1.07. The maximum absolute atomic E-state index is 11.5. The van der Waals surface area contributed by atoms with Crippen LogP contribution in [0.3, 0.4) is 0 Å². The molecule has 3 rings (SSSR count). The van der Waals surface area contributed by atoms with E-state index < -0.39 is 9.84 Å². The summed E-state index contributed by atoms with van der Waals surface area (Å²) in [4.78, 5) is 2.70. The van der Waals surface area contributed by atoms with E-state index in [1.807, 2.05) is 12.1 Å². The number of ether oxygens (including phenoxy) is 1. The van der Waals surface area contributed by atoms with Gasteiger partial charge in [0.2, 0.25) is 0 Å². The summed E-state index contributed by atoms with van der Waals surface area (Å²) in [5, 5.41) is 18.3. The zero-order chi connectivity index (χ0) is 21.7. The van der Waals surface area contributed by atoms with Gasteiger partial charge in [0.25, 0.3) is 0 Å². The Morgan fingerprint density at radius 2 is 1.73 bits per heavy atom. The molecule has 2 aromatic rings. The Morgan fingerprint density at radius 1 is 1.10 bits per heavy atom. The molecule has 6 nitrogen and oxygen atoms in total. The van der Waals surface area contributed by atoms with Crippen molar-refractivity contribution in [2.75, 3.05) is 26.0 Å². The third-order valence-corrected chi connectivity index (χ3v) is 6.60. The van der Waals surface area contributed by atoms with Gasteiger partial charge in [-0.3, -0.25) is 4.90 Å². The van der Waals surface area contributed by atoms with Gasteiger partial charge < -0.3 is 4.74 Å². The first-order valence-electron chi connectivity index (χ1n) is 9.89. The van der Waals surface area contributed by atoms with Crippen molar-refractivity contribution in [2.24, 2.45) is 5.92 Å². The van der Waals surface area contributed by atoms with Gasteiger partial charge in [0.15, 0.2) is 9.84 Å². The Morgan fingerprint density at radius 3 is 2.30 bits per heavy atom. The molecule has 0 N–H and O–H groups in total. The minimum atomic E-state index is -3.20. The zero-order valence-corrected chi connectivity index (χ0v) is 18.0. The van der Waals surface area contributed by atoms with E-state index in [-0.39, 0.29) is 4.90 Å². The number of hydrogen-bond acceptors (Lipinski definition) is 6. The molecule has 1 aliphatic rings. The van der Waals surface area contributed by atoms with Crippen molar-refractivity contribution >= 4 is 9.84 Å². The van der Waals surface area contributed by atoms with E-state index in [9.17, 15) is 8.42 Å². The fourth-order valence-corrected chi connectivity index (χ4v) is 4.52. The molecule has 2 atom stereocenters. The van der Waals surface area contributed by atoms with Crippen molar-refractivity contribution in [3.8, 4) is 17.9 Å². The molecule has 0 saturated carbocycles. The maximum Gasteiger partial charge on any atom is 0.175 e. The van der Waals surface area contributed by atoms with E-state index in [1.165, 1.54) is 6.26 Å². The molecule has 0 aliphatic carbocycles. The molecular weight excluding hydrogens is 398 g/mol. The van der Waals surface area contributed by atoms with Gasteiger partial charge in [-0.05, 0) is 67.8 Å². The van der Waals surface area contributed by atoms with Gasteiger partial charge in [0.05, 0.1) is 34.8 Å². The summed E-state index contributed by atoms with van der Waals surface area (Å²) in [6.07, 6.45) is 3.01. The Labute approximate surface area is 178 Å². The standard InChI is InChI=1S/C23H25N3O3S/c1-17-9-21(16-29-22-3-5-23(6-4-22)30(2,27)28)15-26(17)8-7-18-10-19(13-24)12-20(11-18)14-25/h3-6,10-12,17,21H,7-9,15-16H2,1-2H3. The van der Waals surface area contributed by atoms with Crippen molar-refractivity contribution < 1.29 is 13.2 Å². The second kappa shape index (κ2) is 9.30. The topological polar surface area (TPSA) is 94.2 Å². The minimum Gasteiger partial charge on any atom is -0.493 e. The van der Waals surface area contributed by atoms with Crippen LogP contribution in [0, 0.1) is 28.6 Å². The van der Waals surface area contributed by atoms with Gasteiger partial charge in [-0.15, -0.1) is 0 Å². The number of likely N-dealkylation sites (tertiary alicyclic amines) is 1. The van der Waals surface area contributed by atoms with Crippen molar-refractivity contribution in [3.05, 3.63) is 59.2 Å². The number of nitriles is 2. The molecule has 7 heteroatoms. The fraction of sp³-hybridized carbons (Fsp3) is 0.391. The highest BCUT2D eigenvalue weighted by atomic mass is 32.2. The maximum atomic E-state index is 11.5. The molecule has 2 unspecified atom stereocenters. The van der Waals surface area contributed by atoms with Crippen molar-refractivity contribution in [1.82, 2.24) is 4.90 Å². The molecule has 1 fully saturated rings. The number of hydrogen-bond donors (Lipinski definition) is 0. The largest absolute Gasteiger partial charge is 0.493 e. The first-order valence-corrected chi connectivity index (χ1v) is 11.8. The summed E-state index contributed by atoms with van der Waals surface area (Å²) in [6, 6.07) is 16.5. The number of nitrogens with zero attached hydrogens (tertiary/aromatic N) is 3. The molecule has 0 bridgehead atoms. The summed E-state index contributed by atoms with van der Waals surface area (Å²) < 4.78 is 29.0. The summed E-state index contributed by atoms with van der Waals surface area (Å²) in [7, 11) is -3.20. The highest BCUT2D eigenvalue weighted by Crippen LogP contribution is 2.25. The van der Waals surface area contributed by atoms with Gasteiger partial charge in [0, 0.05) is 31.3 Å². The van der Waals surface area contributed by atoms with E-state index in [2.05, 4.69) is 24.0 Å². The van der Waals surface area contributed by atoms with E-state index in [0.717, 1.165) is 31.5 Å². The zero-order valence-electron chi connectivity index (χ0n) is 17.2. The number of benzene rings is 2. The fourth-order valence-electron chi connectivity index (χ4n) is 3.89. The molecule has 156 valence electrons. The smallest absolute Gasteiger partial charge is 0.175 e. The van der Waals surface area contributed by atoms with Crippen LogP contribution in [0.25, 0.3) is 0 Å². The van der Waals surface area contributed by atoms with Gasteiger partial charge in [-0.2, -0.15) is 10.5 Å². The molecule has 0 radical (unpaired) electrons. The molecule has 2 aromatic carbocycles. The Kier molecular flexibility index (Phi) is 6.77. The highest BCUT2D eigenvalue weighted by Gasteiger charge is 2.29. The van der Waals surface area contributed by atoms with Crippen LogP contribution >= 0.6 is 0 Å². The Bertz CT molecular complexity index is 1050. The second-order valence-corrected chi connectivity index (χ2v) is 9.91. The second-order valence-electron chi connectivity index (χ2n) is 7.89. The van der Waals surface area contributed by atoms with Crippen molar-refractivity contribution in [1.29, 1.82) is 10.5 Å². The Balaban J connectivity index is 1.52. The quantitative estimate of drug-likeness (QED) is 0.679. The molecule has 1 aliphatic heterocycles. The van der Waals surface area contributed by atoms with Gasteiger partial charge >= 0.3 is 0 Å². The molecule has 30 heavy (non-hydrogen) atoms. The lowest BCUT2D eigenvalue weighted by Gasteiger charge is -2.21. The van der Waals surface area contributed by atoms with E-state index in [0.29, 0.717) is 35.4 Å². The van der Waals surface area contributed by atoms with Crippen LogP contribution in [0.2, 0.25) is 0 Å². The third-order valence-electron chi connectivity index (χ3n) is 5.47. The average Bonchev–Trinajstić information content (AvgIpc) is 3.09. The van der Waals surface area contributed by atoms with E-state index in [1.54, 1.807) is 30.3 Å². The lowest BCUT2D eigenvalue weighted by molar-refractivity contribution is 0.234. The highest BCUT2D eigenvalue weighted by molar-refractivity contribution is 7.90. The van der Waals surface area contributed by atoms with Gasteiger partial charge in [-0.1, -0.05) is 0 Å². The SMILES string of the molecule is CC1CC(COc2ccc(S(C)(=O)=O)cc2)CN1CCc1cc(C#N)cc(C#N)c1. The normalized spacial score (nSPS) is 19.2. The number of rotatable bonds is 7. The van der Waals surface area contributed by atoms with Crippen LogP contribution in [0.1, 0.15) is 30.0 Å². The number of sulfone groups is 1. The van der Waals surface area contributed by atoms with Crippen LogP contribution in [-0.4, -0.2) is 45.3 Å².